The monoisotopic (exact) mass is 756 g/mol. The summed E-state index contributed by atoms with van der Waals surface area (Å²) in [5, 5.41) is 0.645. The molecule has 0 saturated carbocycles. The predicted octanol–water partition coefficient (Wildman–Crippen LogP) is 5.19. The van der Waals surface area contributed by atoms with Crippen LogP contribution in [0.2, 0.25) is 0 Å². The number of hydrogen-bond acceptors (Lipinski definition) is 6. The maximum atomic E-state index is 14.3. The Bertz CT molecular complexity index is 1960. The summed E-state index contributed by atoms with van der Waals surface area (Å²) in [6.07, 6.45) is 0. The maximum Gasteiger partial charge on any atom is 0.339 e. The number of fused-ring (bicyclic) bond motifs is 1. The highest BCUT2D eigenvalue weighted by Gasteiger charge is 2.39. The third-order valence-electron chi connectivity index (χ3n) is 7.29. The van der Waals surface area contributed by atoms with Crippen LogP contribution < -0.4 is 24.4 Å². The van der Waals surface area contributed by atoms with Crippen LogP contribution in [-0.2, 0) is 33.6 Å². The molecule has 6 nitrogen and oxygen atoms in total. The lowest BCUT2D eigenvalue weighted by Gasteiger charge is -2.19. The van der Waals surface area contributed by atoms with Gasteiger partial charge in [0.1, 0.15) is 9.79 Å². The van der Waals surface area contributed by atoms with Gasteiger partial charge in [-0.05, 0) is 78.4 Å². The Labute approximate surface area is 274 Å². The van der Waals surface area contributed by atoms with Gasteiger partial charge >= 0.3 is 40.5 Å². The molecule has 0 aliphatic rings. The Morgan fingerprint density at radius 3 is 1.51 bits per heavy atom. The fraction of sp³-hybridized carbons (Fsp3) is 0.222. The van der Waals surface area contributed by atoms with Crippen LogP contribution in [0.5, 0.6) is 5.75 Å². The molecule has 0 N–H and O–H groups in total. The van der Waals surface area contributed by atoms with Gasteiger partial charge in [-0.15, -0.1) is 0 Å². The minimum atomic E-state index is -4.41. The van der Waals surface area contributed by atoms with Gasteiger partial charge in [0.25, 0.3) is 0 Å². The molecule has 0 spiro atoms. The molecule has 0 fully saturated rings. The van der Waals surface area contributed by atoms with Crippen molar-refractivity contribution in [1.29, 1.82) is 0 Å². The van der Waals surface area contributed by atoms with E-state index >= 15 is 0 Å². The summed E-state index contributed by atoms with van der Waals surface area (Å²) in [4.78, 5) is -0.191. The summed E-state index contributed by atoms with van der Waals surface area (Å²) in [5.74, 6) is -0.0939. The molecule has 0 heterocycles. The molecule has 0 aliphatic carbocycles. The van der Waals surface area contributed by atoms with Crippen molar-refractivity contribution < 1.29 is 43.8 Å². The molecule has 9 heteroatoms. The Kier molecular flexibility index (Phi) is 9.21. The fourth-order valence-electron chi connectivity index (χ4n) is 4.75. The first-order valence-electron chi connectivity index (χ1n) is 14.4. The highest BCUT2D eigenvalue weighted by atomic mass is 127. The van der Waals surface area contributed by atoms with Crippen molar-refractivity contribution in [3.05, 3.63) is 134 Å². The first-order valence-corrected chi connectivity index (χ1v) is 20.3. The highest BCUT2D eigenvalue weighted by Crippen LogP contribution is 2.34. The molecule has 1 radical (unpaired) electrons. The zero-order valence-electron chi connectivity index (χ0n) is 26.1. The molecule has 0 bridgehead atoms. The number of benzene rings is 5. The van der Waals surface area contributed by atoms with Crippen LogP contribution in [0.1, 0.15) is 52.7 Å². The van der Waals surface area contributed by atoms with Crippen LogP contribution in [0.25, 0.3) is 10.8 Å². The summed E-state index contributed by atoms with van der Waals surface area (Å²) in [5.41, 5.74) is 2.11. The fourth-order valence-corrected chi connectivity index (χ4v) is 12.8. The van der Waals surface area contributed by atoms with Crippen molar-refractivity contribution in [2.45, 2.75) is 62.2 Å². The lowest BCUT2D eigenvalue weighted by Crippen LogP contribution is -3.85. The molecule has 0 amide bonds. The molecule has 5 aromatic carbocycles. The number of rotatable bonds is 8. The van der Waals surface area contributed by atoms with Crippen LogP contribution in [-0.4, -0.2) is 16.8 Å². The lowest BCUT2D eigenvalue weighted by molar-refractivity contribution is -1.03. The van der Waals surface area contributed by atoms with E-state index in [4.69, 9.17) is 6.70 Å². The van der Waals surface area contributed by atoms with Crippen molar-refractivity contribution in [2.75, 3.05) is 0 Å². The molecule has 5 rings (SSSR count). The molecular weight excluding hydrogens is 719 g/mol. The van der Waals surface area contributed by atoms with E-state index in [1.165, 1.54) is 24.3 Å². The van der Waals surface area contributed by atoms with E-state index < -0.39 is 40.5 Å². The van der Waals surface area contributed by atoms with Gasteiger partial charge in [-0.3, -0.25) is 0 Å². The summed E-state index contributed by atoms with van der Waals surface area (Å²) in [7, 11) is -8.64. The van der Waals surface area contributed by atoms with Crippen LogP contribution in [0.4, 0.5) is 0 Å². The van der Waals surface area contributed by atoms with Gasteiger partial charge in [-0.2, -0.15) is 16.8 Å². The SMILES string of the molecule is CC(C)(C)c1ccc([I+](OS(=O)(=O)c2cccc3cccc(OS(=O)(=O)c4ccccc4)c23)c2ccc(C(C)(C)C)cc2)cc1. The first-order chi connectivity index (χ1) is 21.1. The third kappa shape index (κ3) is 7.43. The van der Waals surface area contributed by atoms with Crippen LogP contribution in [0, 0.1) is 7.14 Å². The lowest BCUT2D eigenvalue weighted by atomic mass is 9.87. The summed E-state index contributed by atoms with van der Waals surface area (Å²) in [6, 6.07) is 33.2. The van der Waals surface area contributed by atoms with Crippen LogP contribution >= 0.6 is 0 Å². The minimum absolute atomic E-state index is 0.0376. The second-order valence-electron chi connectivity index (χ2n) is 12.7. The van der Waals surface area contributed by atoms with Crippen LogP contribution in [0.3, 0.4) is 0 Å². The van der Waals surface area contributed by atoms with Crippen molar-refractivity contribution in [2.24, 2.45) is 0 Å². The summed E-state index contributed by atoms with van der Waals surface area (Å²) >= 11 is -3.07. The third-order valence-corrected chi connectivity index (χ3v) is 15.9. The molecule has 45 heavy (non-hydrogen) atoms. The van der Waals surface area contributed by atoms with E-state index in [2.05, 4.69) is 41.5 Å². The van der Waals surface area contributed by atoms with Crippen molar-refractivity contribution in [1.82, 2.24) is 0 Å². The van der Waals surface area contributed by atoms with E-state index in [0.29, 0.717) is 5.39 Å². The van der Waals surface area contributed by atoms with E-state index in [-0.39, 0.29) is 31.8 Å². The molecule has 0 unspecified atom stereocenters. The first kappa shape index (κ1) is 33.1. The average molecular weight is 757 g/mol. The van der Waals surface area contributed by atoms with Gasteiger partial charge in [0.15, 0.2) is 12.9 Å². The standard InChI is InChI=1S/C36H37IO6S2/c1-35(2,3)27-18-22-29(23-19-27)37(30-24-20-28(21-25-30)36(4,5)6)43-45(40,41)33-17-11-13-26-12-10-16-32(34(26)33)42-44(38,39)31-14-8-7-9-15-31/h7-25H,1-6H3/q+1. The molecule has 0 aromatic heterocycles. The molecule has 0 aliphatic heterocycles. The summed E-state index contributed by atoms with van der Waals surface area (Å²) in [6.45, 7) is 12.8. The zero-order chi connectivity index (χ0) is 32.6. The van der Waals surface area contributed by atoms with Crippen LogP contribution in [0.15, 0.2) is 125 Å². The second kappa shape index (κ2) is 12.5. The quantitative estimate of drug-likeness (QED) is 0.160. The van der Waals surface area contributed by atoms with Crippen molar-refractivity contribution >= 4 is 31.0 Å². The Morgan fingerprint density at radius 1 is 0.533 bits per heavy atom. The topological polar surface area (TPSA) is 86.7 Å². The Morgan fingerprint density at radius 2 is 1.02 bits per heavy atom. The number of halogens is 1. The normalized spacial score (nSPS) is 12.9. The van der Waals surface area contributed by atoms with Gasteiger partial charge in [-0.25, -0.2) is 0 Å². The van der Waals surface area contributed by atoms with E-state index in [1.54, 1.807) is 42.5 Å². The van der Waals surface area contributed by atoms with Gasteiger partial charge in [0, 0.05) is 5.39 Å². The predicted molar refractivity (Wildman–Crippen MR) is 174 cm³/mol. The molecule has 0 atom stereocenters. The van der Waals surface area contributed by atoms with Gasteiger partial charge in [0.05, 0.1) is 0 Å². The van der Waals surface area contributed by atoms with Gasteiger partial charge < -0.3 is 4.18 Å². The smallest absolute Gasteiger partial charge is 0.339 e. The van der Waals surface area contributed by atoms with E-state index in [1.807, 2.05) is 48.5 Å². The van der Waals surface area contributed by atoms with E-state index in [0.717, 1.165) is 18.3 Å². The number of hydrogen-bond donors (Lipinski definition) is 0. The zero-order valence-corrected chi connectivity index (χ0v) is 29.9. The highest BCUT2D eigenvalue weighted by molar-refractivity contribution is 7.87. The maximum absolute atomic E-state index is 14.3. The Hall–Kier alpha value is -3.25. The molecular formula is C36H37IO6S2+. The molecule has 0 saturated heterocycles. The minimum Gasteiger partial charge on any atom is -0.378 e. The summed E-state index contributed by atoms with van der Waals surface area (Å²) < 4.78 is 68.3. The van der Waals surface area contributed by atoms with Crippen molar-refractivity contribution in [3.63, 3.8) is 0 Å². The van der Waals surface area contributed by atoms with E-state index in [9.17, 15) is 16.8 Å². The second-order valence-corrected chi connectivity index (χ2v) is 20.8. The van der Waals surface area contributed by atoms with Gasteiger partial charge in [-0.1, -0.05) is 108 Å². The van der Waals surface area contributed by atoms with Gasteiger partial charge in [0.2, 0.25) is 0 Å². The van der Waals surface area contributed by atoms with Crippen molar-refractivity contribution in [3.8, 4) is 5.75 Å². The Balaban J connectivity index is 1.61. The molecule has 235 valence electrons. The molecule has 5 aromatic rings. The average Bonchev–Trinajstić information content (AvgIpc) is 2.99. The largest absolute Gasteiger partial charge is 0.378 e.